The van der Waals surface area contributed by atoms with Gasteiger partial charge in [-0.25, -0.2) is 9.50 Å². The van der Waals surface area contributed by atoms with Crippen molar-refractivity contribution in [3.05, 3.63) is 53.0 Å². The summed E-state index contributed by atoms with van der Waals surface area (Å²) in [6, 6.07) is 8.35. The van der Waals surface area contributed by atoms with Crippen LogP contribution in [0.25, 0.3) is 16.8 Å². The Morgan fingerprint density at radius 3 is 2.87 bits per heavy atom. The highest BCUT2D eigenvalue weighted by molar-refractivity contribution is 5.95. The normalized spacial score (nSPS) is 17.2. The Balaban J connectivity index is 1.46. The molecule has 3 aromatic rings. The number of hydrogen-bond acceptors (Lipinski definition) is 4. The molecular formula is C25H33N5O. The Kier molecular flexibility index (Phi) is 6.37. The summed E-state index contributed by atoms with van der Waals surface area (Å²) in [5.74, 6) is 0.704. The topological polar surface area (TPSA) is 62.5 Å². The van der Waals surface area contributed by atoms with Crippen LogP contribution in [0.2, 0.25) is 0 Å². The number of carbonyl (C=O) groups is 1. The summed E-state index contributed by atoms with van der Waals surface area (Å²) >= 11 is 0. The lowest BCUT2D eigenvalue weighted by molar-refractivity contribution is 0.0948. The second-order valence-electron chi connectivity index (χ2n) is 8.98. The Bertz CT molecular complexity index is 1090. The first-order valence-electron chi connectivity index (χ1n) is 11.4. The summed E-state index contributed by atoms with van der Waals surface area (Å²) in [7, 11) is 0. The van der Waals surface area contributed by atoms with E-state index >= 15 is 0 Å². The third kappa shape index (κ3) is 4.64. The Morgan fingerprint density at radius 1 is 1.26 bits per heavy atom. The van der Waals surface area contributed by atoms with Gasteiger partial charge in [-0.15, -0.1) is 0 Å². The molecule has 164 valence electrons. The van der Waals surface area contributed by atoms with Gasteiger partial charge < -0.3 is 10.2 Å². The molecule has 1 saturated heterocycles. The maximum absolute atomic E-state index is 12.8. The summed E-state index contributed by atoms with van der Waals surface area (Å²) in [6.07, 6.45) is 5.27. The smallest absolute Gasteiger partial charge is 0.254 e. The van der Waals surface area contributed by atoms with Gasteiger partial charge in [-0.3, -0.25) is 4.79 Å². The van der Waals surface area contributed by atoms with E-state index in [-0.39, 0.29) is 5.91 Å². The molecule has 0 radical (unpaired) electrons. The van der Waals surface area contributed by atoms with E-state index in [1.807, 2.05) is 19.9 Å². The van der Waals surface area contributed by atoms with Crippen molar-refractivity contribution in [2.75, 3.05) is 26.2 Å². The molecule has 1 aliphatic heterocycles. The number of rotatable bonds is 6. The number of likely N-dealkylation sites (tertiary alicyclic amines) is 1. The predicted molar refractivity (Wildman–Crippen MR) is 124 cm³/mol. The highest BCUT2D eigenvalue weighted by Crippen LogP contribution is 2.28. The molecule has 1 N–H and O–H groups in total. The molecule has 3 heterocycles. The van der Waals surface area contributed by atoms with Gasteiger partial charge in [-0.05, 0) is 64.6 Å². The van der Waals surface area contributed by atoms with Gasteiger partial charge in [-0.2, -0.15) is 5.10 Å². The van der Waals surface area contributed by atoms with Gasteiger partial charge in [0.1, 0.15) is 0 Å². The van der Waals surface area contributed by atoms with Crippen molar-refractivity contribution in [3.63, 3.8) is 0 Å². The molecule has 0 spiro atoms. The van der Waals surface area contributed by atoms with Gasteiger partial charge in [0.05, 0.1) is 17.0 Å². The lowest BCUT2D eigenvalue weighted by Crippen LogP contribution is -2.36. The van der Waals surface area contributed by atoms with Gasteiger partial charge >= 0.3 is 0 Å². The molecular weight excluding hydrogens is 386 g/mol. The van der Waals surface area contributed by atoms with E-state index in [1.165, 1.54) is 31.5 Å². The van der Waals surface area contributed by atoms with Gasteiger partial charge in [0.25, 0.3) is 5.91 Å². The zero-order valence-corrected chi connectivity index (χ0v) is 19.1. The molecule has 1 fully saturated rings. The fraction of sp³-hybridized carbons (Fsp3) is 0.480. The number of hydrogen-bond donors (Lipinski definition) is 1. The van der Waals surface area contributed by atoms with E-state index in [1.54, 1.807) is 10.7 Å². The first-order chi connectivity index (χ1) is 14.9. The zero-order chi connectivity index (χ0) is 22.0. The molecule has 1 aromatic carbocycles. The summed E-state index contributed by atoms with van der Waals surface area (Å²) in [4.78, 5) is 20.0. The van der Waals surface area contributed by atoms with Crippen molar-refractivity contribution in [1.29, 1.82) is 0 Å². The van der Waals surface area contributed by atoms with Crippen LogP contribution in [0.15, 0.2) is 30.5 Å². The molecule has 0 saturated carbocycles. The molecule has 31 heavy (non-hydrogen) atoms. The van der Waals surface area contributed by atoms with E-state index in [0.29, 0.717) is 12.1 Å². The highest BCUT2D eigenvalue weighted by Gasteiger charge is 2.19. The molecule has 0 aliphatic carbocycles. The van der Waals surface area contributed by atoms with Crippen molar-refractivity contribution >= 4 is 11.6 Å². The number of amides is 1. The predicted octanol–water partition coefficient (Wildman–Crippen LogP) is 4.17. The minimum absolute atomic E-state index is 0.0795. The minimum Gasteiger partial charge on any atom is -0.352 e. The Labute approximate surface area is 184 Å². The largest absolute Gasteiger partial charge is 0.352 e. The monoisotopic (exact) mass is 419 g/mol. The molecule has 1 aliphatic rings. The van der Waals surface area contributed by atoms with E-state index in [0.717, 1.165) is 47.0 Å². The van der Waals surface area contributed by atoms with Crippen LogP contribution in [-0.2, 0) is 0 Å². The van der Waals surface area contributed by atoms with Crippen LogP contribution in [0, 0.1) is 26.7 Å². The number of fused-ring (bicyclic) bond motifs is 1. The summed E-state index contributed by atoms with van der Waals surface area (Å²) in [5.41, 5.74) is 6.42. The fourth-order valence-corrected chi connectivity index (χ4v) is 4.65. The second-order valence-corrected chi connectivity index (χ2v) is 8.98. The quantitative estimate of drug-likeness (QED) is 0.609. The number of nitrogens with one attached hydrogen (secondary N) is 1. The van der Waals surface area contributed by atoms with Gasteiger partial charge in [0.15, 0.2) is 5.65 Å². The first-order valence-corrected chi connectivity index (χ1v) is 11.4. The highest BCUT2D eigenvalue weighted by atomic mass is 16.1. The summed E-state index contributed by atoms with van der Waals surface area (Å²) < 4.78 is 1.80. The Hall–Kier alpha value is -2.73. The average Bonchev–Trinajstić information content (AvgIpc) is 3.08. The lowest BCUT2D eigenvalue weighted by atomic mass is 10.0. The van der Waals surface area contributed by atoms with Crippen molar-refractivity contribution in [2.24, 2.45) is 5.92 Å². The van der Waals surface area contributed by atoms with Crippen molar-refractivity contribution < 1.29 is 4.79 Å². The molecule has 6 heteroatoms. The second kappa shape index (κ2) is 9.18. The number of piperidine rings is 1. The molecule has 4 rings (SSSR count). The molecule has 6 nitrogen and oxygen atoms in total. The average molecular weight is 420 g/mol. The Morgan fingerprint density at radius 2 is 2.10 bits per heavy atom. The van der Waals surface area contributed by atoms with Crippen LogP contribution in [-0.4, -0.2) is 51.6 Å². The van der Waals surface area contributed by atoms with E-state index in [4.69, 9.17) is 5.10 Å². The van der Waals surface area contributed by atoms with E-state index < -0.39 is 0 Å². The third-order valence-corrected chi connectivity index (χ3v) is 6.29. The summed E-state index contributed by atoms with van der Waals surface area (Å²) in [5, 5.41) is 7.76. The molecule has 1 atom stereocenters. The zero-order valence-electron chi connectivity index (χ0n) is 19.1. The van der Waals surface area contributed by atoms with Crippen LogP contribution in [0.4, 0.5) is 0 Å². The van der Waals surface area contributed by atoms with Crippen LogP contribution in [0.3, 0.4) is 0 Å². The summed E-state index contributed by atoms with van der Waals surface area (Å²) in [6.45, 7) is 12.4. The number of aryl methyl sites for hydroxylation is 3. The van der Waals surface area contributed by atoms with Crippen molar-refractivity contribution in [2.45, 2.75) is 47.0 Å². The minimum atomic E-state index is -0.0795. The molecule has 0 bridgehead atoms. The third-order valence-electron chi connectivity index (χ3n) is 6.29. The number of carbonyl (C=O) groups excluding carboxylic acids is 1. The van der Waals surface area contributed by atoms with Crippen LogP contribution < -0.4 is 5.32 Å². The SMILES string of the molecule is Cc1cccc(-c2c(C)nn3c(C)c(C(=O)NCCCN4CCCC(C)C4)cnc23)c1. The number of benzene rings is 1. The van der Waals surface area contributed by atoms with Crippen LogP contribution in [0.5, 0.6) is 0 Å². The standard InChI is InChI=1S/C25H33N5O/c1-17-8-5-10-21(14-17)23-19(3)28-30-20(4)22(15-27-24(23)30)25(31)26-11-7-13-29-12-6-9-18(2)16-29/h5,8,10,14-15,18H,6-7,9,11-13,16H2,1-4H3,(H,26,31). The molecule has 1 amide bonds. The van der Waals surface area contributed by atoms with Gasteiger partial charge in [0.2, 0.25) is 0 Å². The first kappa shape index (κ1) is 21.5. The lowest BCUT2D eigenvalue weighted by Gasteiger charge is -2.30. The number of aromatic nitrogens is 3. The van der Waals surface area contributed by atoms with Crippen molar-refractivity contribution in [3.8, 4) is 11.1 Å². The van der Waals surface area contributed by atoms with E-state index in [2.05, 4.69) is 47.2 Å². The fourth-order valence-electron chi connectivity index (χ4n) is 4.65. The molecule has 2 aromatic heterocycles. The van der Waals surface area contributed by atoms with Gasteiger partial charge in [0, 0.05) is 24.8 Å². The number of nitrogens with zero attached hydrogens (tertiary/aromatic N) is 4. The maximum Gasteiger partial charge on any atom is 0.254 e. The maximum atomic E-state index is 12.8. The molecule has 1 unspecified atom stereocenters. The van der Waals surface area contributed by atoms with E-state index in [9.17, 15) is 4.79 Å². The van der Waals surface area contributed by atoms with Gasteiger partial charge in [-0.1, -0.05) is 36.8 Å². The van der Waals surface area contributed by atoms with Crippen LogP contribution in [0.1, 0.15) is 53.5 Å². The van der Waals surface area contributed by atoms with Crippen LogP contribution >= 0.6 is 0 Å². The van der Waals surface area contributed by atoms with Crippen molar-refractivity contribution in [1.82, 2.24) is 24.8 Å².